The van der Waals surface area contributed by atoms with Crippen molar-refractivity contribution in [1.82, 2.24) is 0 Å². The zero-order chi connectivity index (χ0) is 19.4. The molecule has 27 heavy (non-hydrogen) atoms. The van der Waals surface area contributed by atoms with Crippen molar-refractivity contribution in [2.75, 3.05) is 0 Å². The maximum Gasteiger partial charge on any atom is 1.00 e. The summed E-state index contributed by atoms with van der Waals surface area (Å²) in [6, 6.07) is 0. The molecule has 0 saturated carbocycles. The van der Waals surface area contributed by atoms with E-state index in [4.69, 9.17) is 24.4 Å². The molecule has 0 aliphatic carbocycles. The quantitative estimate of drug-likeness (QED) is 0.146. The second kappa shape index (κ2) is 28.2. The van der Waals surface area contributed by atoms with Gasteiger partial charge in [-0.3, -0.25) is 4.79 Å². The van der Waals surface area contributed by atoms with Crippen LogP contribution in [0.4, 0.5) is 0 Å². The summed E-state index contributed by atoms with van der Waals surface area (Å²) in [4.78, 5) is 31.9. The van der Waals surface area contributed by atoms with Gasteiger partial charge in [0.15, 0.2) is 0 Å². The summed E-state index contributed by atoms with van der Waals surface area (Å²) in [5, 5.41) is 8.52. The van der Waals surface area contributed by atoms with Crippen molar-refractivity contribution in [2.45, 2.75) is 110 Å². The van der Waals surface area contributed by atoms with Crippen LogP contribution in [0.25, 0.3) is 0 Å². The van der Waals surface area contributed by atoms with Crippen LogP contribution in [0.15, 0.2) is 0 Å². The Hall–Kier alpha value is 2.22. The van der Waals surface area contributed by atoms with E-state index in [0.717, 1.165) is 12.8 Å². The molecule has 4 N–H and O–H groups in total. The topological polar surface area (TPSA) is 115 Å². The van der Waals surface area contributed by atoms with Crippen molar-refractivity contribution >= 4 is 13.8 Å². The summed E-state index contributed by atoms with van der Waals surface area (Å²) in [5.74, 6) is -0.653. The molecule has 0 radical (unpaired) electrons. The van der Waals surface area contributed by atoms with E-state index in [-0.39, 0.29) is 83.8 Å². The first-order valence-electron chi connectivity index (χ1n) is 9.77. The summed E-state index contributed by atoms with van der Waals surface area (Å²) in [5.41, 5.74) is 0. The van der Waals surface area contributed by atoms with Gasteiger partial charge in [-0.1, -0.05) is 96.8 Å². The van der Waals surface area contributed by atoms with Crippen molar-refractivity contribution in [1.29, 1.82) is 0 Å². The molecular weight excluding hydrogens is 405 g/mol. The molecule has 6 nitrogen and oxygen atoms in total. The van der Waals surface area contributed by atoms with Crippen molar-refractivity contribution in [3.8, 4) is 0 Å². The van der Waals surface area contributed by atoms with E-state index < -0.39 is 13.8 Å². The van der Waals surface area contributed by atoms with Gasteiger partial charge in [0.25, 0.3) is 0 Å². The summed E-state index contributed by atoms with van der Waals surface area (Å²) in [6.45, 7) is 2.27. The predicted molar refractivity (Wildman–Crippen MR) is 104 cm³/mol. The van der Waals surface area contributed by atoms with Crippen LogP contribution in [0, 0.1) is 0 Å². The Kier molecular flexibility index (Phi) is 38.2. The smallest absolute Gasteiger partial charge is 1.00 e. The van der Waals surface area contributed by atoms with Gasteiger partial charge in [-0.15, -0.1) is 0 Å². The van der Waals surface area contributed by atoms with Crippen molar-refractivity contribution in [2.24, 2.45) is 0 Å². The first-order valence-corrected chi connectivity index (χ1v) is 11.3. The van der Waals surface area contributed by atoms with Gasteiger partial charge in [0.1, 0.15) is 0 Å². The Morgan fingerprint density at radius 3 is 1.15 bits per heavy atom. The number of hydrogen-bond acceptors (Lipinski definition) is 2. The van der Waals surface area contributed by atoms with Crippen LogP contribution in [0.2, 0.25) is 0 Å². The van der Waals surface area contributed by atoms with Crippen molar-refractivity contribution in [3.05, 3.63) is 0 Å². The maximum atomic E-state index is 10.3. The maximum absolute atomic E-state index is 10.3. The first kappa shape index (κ1) is 36.6. The fraction of sp³-hybridized carbons (Fsp3) is 0.944. The summed E-state index contributed by atoms with van der Waals surface area (Å²) in [7, 11) is -4.64. The zero-order valence-corrected chi connectivity index (χ0v) is 23.9. The Labute approximate surface area is 233 Å². The Morgan fingerprint density at radius 2 is 0.926 bits per heavy atom. The largest absolute Gasteiger partial charge is 1.00 e. The molecule has 0 bridgehead atoms. The molecule has 9 heteroatoms. The number of unbranched alkanes of at least 4 members (excludes halogenated alkanes) is 14. The third-order valence-electron chi connectivity index (χ3n) is 3.99. The van der Waals surface area contributed by atoms with Gasteiger partial charge in [0, 0.05) is 6.42 Å². The predicted octanol–water partition coefficient (Wildman–Crippen LogP) is -0.363. The fourth-order valence-electron chi connectivity index (χ4n) is 2.65. The van der Waals surface area contributed by atoms with Crippen LogP contribution in [0.1, 0.15) is 113 Å². The third-order valence-corrected chi connectivity index (χ3v) is 3.99. The van der Waals surface area contributed by atoms with E-state index in [1.807, 2.05) is 0 Å². The van der Waals surface area contributed by atoms with Gasteiger partial charge < -0.3 is 22.6 Å². The molecule has 0 fully saturated rings. The monoisotopic (exact) mass is 446 g/mol. The molecule has 0 aliphatic heterocycles. The average Bonchev–Trinajstić information content (AvgIpc) is 2.49. The number of rotatable bonds is 16. The van der Waals surface area contributed by atoms with E-state index in [0.29, 0.717) is 6.42 Å². The first-order chi connectivity index (χ1) is 11.8. The van der Waals surface area contributed by atoms with E-state index in [1.54, 1.807) is 0 Å². The number of carbonyl (C=O) groups is 1. The van der Waals surface area contributed by atoms with E-state index in [9.17, 15) is 4.79 Å². The minimum atomic E-state index is -4.64. The molecule has 0 saturated heterocycles. The number of carboxylic acids is 1. The molecule has 0 unspecified atom stereocenters. The Balaban J connectivity index is -0.000000131. The summed E-state index contributed by atoms with van der Waals surface area (Å²) < 4.78 is 8.88. The molecule has 0 heterocycles. The molecule has 0 aromatic rings. The van der Waals surface area contributed by atoms with E-state index >= 15 is 0 Å². The minimum absolute atomic E-state index is 0. The van der Waals surface area contributed by atoms with Crippen molar-refractivity contribution in [3.63, 3.8) is 0 Å². The summed E-state index contributed by atoms with van der Waals surface area (Å²) >= 11 is 0. The van der Waals surface area contributed by atoms with Gasteiger partial charge in [-0.25, -0.2) is 4.57 Å². The van der Waals surface area contributed by atoms with Crippen LogP contribution < -0.4 is 80.9 Å². The standard InChI is InChI=1S/C18H36O2.K.Na.H3O4P.2H/c1-2-3-4-5-6-7-8-9-10-11-12-13-14-15-16-17-18(19)20;;;1-5(2,3)4;;/h2-17H2,1H3,(H,19,20);;;(H3,1,2,3,4);;/q;2*+1;;2*-1. The van der Waals surface area contributed by atoms with Crippen LogP contribution >= 0.6 is 7.82 Å². The van der Waals surface area contributed by atoms with Crippen LogP contribution in [-0.4, -0.2) is 25.8 Å². The molecular formula is C18H41KNaO6P. The molecule has 0 rings (SSSR count). The van der Waals surface area contributed by atoms with Crippen molar-refractivity contribution < 1.29 is 113 Å². The van der Waals surface area contributed by atoms with E-state index in [1.165, 1.54) is 83.5 Å². The normalized spacial score (nSPS) is 10.2. The number of carboxylic acid groups (broad SMARTS) is 1. The second-order valence-corrected chi connectivity index (χ2v) is 7.63. The third kappa shape index (κ3) is 52.5. The zero-order valence-electron chi connectivity index (χ0n) is 19.9. The SMILES string of the molecule is CCCCCCCCCCCCCCCCCC(=O)O.O=P(O)(O)O.[H-].[H-].[K+].[Na+]. The van der Waals surface area contributed by atoms with Gasteiger partial charge in [-0.05, 0) is 6.42 Å². The molecule has 0 amide bonds. The molecule has 156 valence electrons. The molecule has 0 spiro atoms. The number of phosphoric acid groups is 1. The fourth-order valence-corrected chi connectivity index (χ4v) is 2.65. The van der Waals surface area contributed by atoms with E-state index in [2.05, 4.69) is 6.92 Å². The van der Waals surface area contributed by atoms with Gasteiger partial charge in [-0.2, -0.15) is 0 Å². The molecule has 0 aromatic heterocycles. The molecule has 0 atom stereocenters. The van der Waals surface area contributed by atoms with Crippen LogP contribution in [0.5, 0.6) is 0 Å². The second-order valence-electron chi connectivity index (χ2n) is 6.61. The average molecular weight is 447 g/mol. The Morgan fingerprint density at radius 1 is 0.704 bits per heavy atom. The summed E-state index contributed by atoms with van der Waals surface area (Å²) in [6.07, 6.45) is 20.2. The minimum Gasteiger partial charge on any atom is -1.00 e. The Bertz CT molecular complexity index is 344. The van der Waals surface area contributed by atoms with Gasteiger partial charge in [0.05, 0.1) is 0 Å². The van der Waals surface area contributed by atoms with Crippen LogP contribution in [0.3, 0.4) is 0 Å². The molecule has 0 aromatic carbocycles. The van der Waals surface area contributed by atoms with Crippen LogP contribution in [-0.2, 0) is 9.36 Å². The number of hydrogen-bond donors (Lipinski definition) is 4. The van der Waals surface area contributed by atoms with Gasteiger partial charge >= 0.3 is 94.7 Å². The van der Waals surface area contributed by atoms with Gasteiger partial charge in [0.2, 0.25) is 0 Å². The molecule has 0 aliphatic rings. The number of aliphatic carboxylic acids is 1.